The highest BCUT2D eigenvalue weighted by molar-refractivity contribution is 6.31. The largest absolute Gasteiger partial charge is 0.467 e. The number of nitrogens with one attached hydrogen (secondary N) is 2. The van der Waals surface area contributed by atoms with Crippen LogP contribution >= 0.6 is 11.6 Å². The van der Waals surface area contributed by atoms with Gasteiger partial charge in [0.25, 0.3) is 0 Å². The smallest absolute Gasteiger partial charge is 0.318 e. The van der Waals surface area contributed by atoms with Gasteiger partial charge in [0.15, 0.2) is 0 Å². The number of aromatic nitrogens is 2. The zero-order valence-corrected chi connectivity index (χ0v) is 21.1. The minimum atomic E-state index is -0.501. The van der Waals surface area contributed by atoms with E-state index in [1.165, 1.54) is 32.1 Å². The summed E-state index contributed by atoms with van der Waals surface area (Å²) in [5, 5.41) is 6.96. The minimum absolute atomic E-state index is 0.00408. The number of methoxy groups -OCH3 is 1. The van der Waals surface area contributed by atoms with Crippen LogP contribution in [-0.2, 0) is 4.79 Å². The highest BCUT2D eigenvalue weighted by atomic mass is 35.5. The first-order valence-corrected chi connectivity index (χ1v) is 12.7. The first kappa shape index (κ1) is 24.5. The van der Waals surface area contributed by atoms with Gasteiger partial charge < -0.3 is 15.4 Å². The summed E-state index contributed by atoms with van der Waals surface area (Å²) in [7, 11) is 1.51. The van der Waals surface area contributed by atoms with Gasteiger partial charge in [-0.3, -0.25) is 9.69 Å². The number of halogens is 2. The van der Waals surface area contributed by atoms with Gasteiger partial charge in [0.1, 0.15) is 11.6 Å². The Kier molecular flexibility index (Phi) is 7.07. The molecule has 0 atom stereocenters. The van der Waals surface area contributed by atoms with Gasteiger partial charge in [-0.2, -0.15) is 9.97 Å². The van der Waals surface area contributed by atoms with Gasteiger partial charge in [-0.25, -0.2) is 4.39 Å². The predicted molar refractivity (Wildman–Crippen MR) is 141 cm³/mol. The van der Waals surface area contributed by atoms with E-state index in [2.05, 4.69) is 32.4 Å². The average molecular weight is 510 g/mol. The summed E-state index contributed by atoms with van der Waals surface area (Å²) in [5.41, 5.74) is 3.05. The number of carbonyl (C=O) groups is 1. The number of amides is 1. The Morgan fingerprint density at radius 3 is 2.69 bits per heavy atom. The second kappa shape index (κ2) is 10.4. The molecule has 2 fully saturated rings. The third-order valence-electron chi connectivity index (χ3n) is 6.57. The van der Waals surface area contributed by atoms with E-state index in [0.717, 1.165) is 37.2 Å². The van der Waals surface area contributed by atoms with Crippen molar-refractivity contribution in [1.29, 1.82) is 0 Å². The molecule has 2 N–H and O–H groups in total. The molecule has 0 spiro atoms. The van der Waals surface area contributed by atoms with Crippen molar-refractivity contribution in [3.8, 4) is 6.01 Å². The Labute approximate surface area is 214 Å². The average Bonchev–Trinajstić information content (AvgIpc) is 3.77. The van der Waals surface area contributed by atoms with Gasteiger partial charge in [0.2, 0.25) is 5.91 Å². The number of hydrogen-bond donors (Lipinski definition) is 2. The topological polar surface area (TPSA) is 79.4 Å². The molecule has 0 unspecified atom stereocenters. The molecule has 2 aliphatic carbocycles. The van der Waals surface area contributed by atoms with Crippen molar-refractivity contribution in [2.24, 2.45) is 0 Å². The SMILES string of the molecule is CCN(CC=CC(=O)Nc1cc2c(Nc3ccc(F)c(Cl)c3)nc(OC)nc2cc1C1CC1)C1CC1. The van der Waals surface area contributed by atoms with Crippen LogP contribution in [0.25, 0.3) is 10.9 Å². The number of rotatable bonds is 10. The third kappa shape index (κ3) is 5.60. The number of ether oxygens (including phenoxy) is 1. The van der Waals surface area contributed by atoms with Crippen molar-refractivity contribution in [1.82, 2.24) is 14.9 Å². The number of nitrogens with zero attached hydrogens (tertiary/aromatic N) is 3. The Morgan fingerprint density at radius 1 is 1.22 bits per heavy atom. The number of benzene rings is 2. The number of hydrogen-bond acceptors (Lipinski definition) is 6. The van der Waals surface area contributed by atoms with E-state index in [1.54, 1.807) is 12.1 Å². The third-order valence-corrected chi connectivity index (χ3v) is 6.85. The molecule has 0 aliphatic heterocycles. The van der Waals surface area contributed by atoms with E-state index in [-0.39, 0.29) is 16.9 Å². The summed E-state index contributed by atoms with van der Waals surface area (Å²) in [6.45, 7) is 3.89. The fourth-order valence-electron chi connectivity index (χ4n) is 4.35. The first-order chi connectivity index (χ1) is 17.4. The normalized spacial score (nSPS) is 15.6. The van der Waals surface area contributed by atoms with Gasteiger partial charge in [-0.05, 0) is 74.0 Å². The molecule has 2 saturated carbocycles. The van der Waals surface area contributed by atoms with Gasteiger partial charge in [0.05, 0.1) is 17.6 Å². The molecular weight excluding hydrogens is 481 g/mol. The van der Waals surface area contributed by atoms with Crippen LogP contribution in [0.15, 0.2) is 42.5 Å². The standard InChI is InChI=1S/C27H29ClFN5O2/c1-3-34(18-9-10-18)12-4-5-25(35)31-23-15-20-24(14-19(23)16-6-7-16)32-27(36-2)33-26(20)30-17-8-11-22(29)21(28)13-17/h4-5,8,11,13-16,18H,3,6-7,9-10,12H2,1-2H3,(H,31,35)(H,30,32,33). The summed E-state index contributed by atoms with van der Waals surface area (Å²) in [6.07, 6.45) is 8.15. The molecule has 1 heterocycles. The fraction of sp³-hybridized carbons (Fsp3) is 0.370. The molecule has 188 valence electrons. The molecule has 1 aromatic heterocycles. The molecule has 3 aromatic rings. The second-order valence-corrected chi connectivity index (χ2v) is 9.66. The van der Waals surface area contributed by atoms with E-state index in [9.17, 15) is 9.18 Å². The van der Waals surface area contributed by atoms with Crippen molar-refractivity contribution in [2.45, 2.75) is 44.6 Å². The number of fused-ring (bicyclic) bond motifs is 1. The Hall–Kier alpha value is -3.23. The van der Waals surface area contributed by atoms with Gasteiger partial charge in [0, 0.05) is 35.4 Å². The summed E-state index contributed by atoms with van der Waals surface area (Å²) < 4.78 is 19.0. The monoisotopic (exact) mass is 509 g/mol. The molecule has 5 rings (SSSR count). The molecule has 36 heavy (non-hydrogen) atoms. The van der Waals surface area contributed by atoms with Gasteiger partial charge >= 0.3 is 6.01 Å². The van der Waals surface area contributed by atoms with Crippen molar-refractivity contribution >= 4 is 45.6 Å². The first-order valence-electron chi connectivity index (χ1n) is 12.3. The van der Waals surface area contributed by atoms with Crippen LogP contribution in [0.5, 0.6) is 6.01 Å². The Bertz CT molecular complexity index is 1320. The molecular formula is C27H29ClFN5O2. The molecule has 0 saturated heterocycles. The van der Waals surface area contributed by atoms with Crippen molar-refractivity contribution in [2.75, 3.05) is 30.8 Å². The quantitative estimate of drug-likeness (QED) is 0.325. The van der Waals surface area contributed by atoms with Crippen LogP contribution in [0.2, 0.25) is 5.02 Å². The van der Waals surface area contributed by atoms with E-state index in [4.69, 9.17) is 16.3 Å². The molecule has 0 bridgehead atoms. The van der Waals surface area contributed by atoms with Crippen LogP contribution in [0.4, 0.5) is 21.6 Å². The number of anilines is 3. The minimum Gasteiger partial charge on any atom is -0.467 e. The predicted octanol–water partition coefficient (Wildman–Crippen LogP) is 6.03. The van der Waals surface area contributed by atoms with Crippen LogP contribution in [0, 0.1) is 5.82 Å². The van der Waals surface area contributed by atoms with Crippen molar-refractivity contribution in [3.05, 3.63) is 58.9 Å². The maximum absolute atomic E-state index is 13.7. The zero-order valence-electron chi connectivity index (χ0n) is 20.4. The summed E-state index contributed by atoms with van der Waals surface area (Å²) in [5.74, 6) is 0.180. The van der Waals surface area contributed by atoms with E-state index >= 15 is 0 Å². The molecule has 0 radical (unpaired) electrons. The van der Waals surface area contributed by atoms with Gasteiger partial charge in [-0.15, -0.1) is 0 Å². The van der Waals surface area contributed by atoms with Crippen LogP contribution < -0.4 is 15.4 Å². The maximum atomic E-state index is 13.7. The maximum Gasteiger partial charge on any atom is 0.318 e. The fourth-order valence-corrected chi connectivity index (χ4v) is 4.53. The van der Waals surface area contributed by atoms with E-state index in [0.29, 0.717) is 34.4 Å². The zero-order chi connectivity index (χ0) is 25.2. The summed E-state index contributed by atoms with van der Waals surface area (Å²) >= 11 is 5.96. The lowest BCUT2D eigenvalue weighted by atomic mass is 10.0. The lowest BCUT2D eigenvalue weighted by Gasteiger charge is -2.17. The molecule has 2 aliphatic rings. The molecule has 7 nitrogen and oxygen atoms in total. The highest BCUT2D eigenvalue weighted by Gasteiger charge is 2.28. The Balaban J connectivity index is 1.45. The van der Waals surface area contributed by atoms with E-state index < -0.39 is 5.82 Å². The van der Waals surface area contributed by atoms with E-state index in [1.807, 2.05) is 18.2 Å². The van der Waals surface area contributed by atoms with Crippen LogP contribution in [0.1, 0.15) is 44.1 Å². The number of carbonyl (C=O) groups excluding carboxylic acids is 1. The summed E-state index contributed by atoms with van der Waals surface area (Å²) in [4.78, 5) is 24.2. The number of likely N-dealkylation sites (N-methyl/N-ethyl adjacent to an activating group) is 1. The molecule has 2 aromatic carbocycles. The lowest BCUT2D eigenvalue weighted by molar-refractivity contribution is -0.111. The second-order valence-electron chi connectivity index (χ2n) is 9.25. The highest BCUT2D eigenvalue weighted by Crippen LogP contribution is 2.45. The summed E-state index contributed by atoms with van der Waals surface area (Å²) in [6, 6.07) is 9.10. The Morgan fingerprint density at radius 2 is 2.03 bits per heavy atom. The van der Waals surface area contributed by atoms with Crippen molar-refractivity contribution in [3.63, 3.8) is 0 Å². The van der Waals surface area contributed by atoms with Crippen LogP contribution in [0.3, 0.4) is 0 Å². The molecule has 9 heteroatoms. The molecule has 1 amide bonds. The van der Waals surface area contributed by atoms with Crippen molar-refractivity contribution < 1.29 is 13.9 Å². The van der Waals surface area contributed by atoms with Crippen LogP contribution in [-0.4, -0.2) is 47.0 Å². The lowest BCUT2D eigenvalue weighted by Crippen LogP contribution is -2.25. The van der Waals surface area contributed by atoms with Gasteiger partial charge in [-0.1, -0.05) is 24.6 Å².